The molecule has 2 aromatic heterocycles. The van der Waals surface area contributed by atoms with E-state index in [2.05, 4.69) is 15.5 Å². The first-order valence-electron chi connectivity index (χ1n) is 5.65. The Labute approximate surface area is 111 Å². The molecule has 9 heteroatoms. The van der Waals surface area contributed by atoms with Gasteiger partial charge in [0.15, 0.2) is 0 Å². The van der Waals surface area contributed by atoms with Gasteiger partial charge in [-0.15, -0.1) is 10.2 Å². The lowest BCUT2D eigenvalue weighted by Crippen LogP contribution is -2.31. The zero-order valence-corrected chi connectivity index (χ0v) is 11.0. The van der Waals surface area contributed by atoms with Crippen LogP contribution in [0.25, 0.3) is 0 Å². The van der Waals surface area contributed by atoms with Crippen molar-refractivity contribution in [2.45, 2.75) is 19.9 Å². The van der Waals surface area contributed by atoms with E-state index in [0.717, 1.165) is 23.7 Å². The third-order valence-corrected chi connectivity index (χ3v) is 3.13. The first-order chi connectivity index (χ1) is 9.10. The Bertz CT molecular complexity index is 677. The molecule has 2 heterocycles. The lowest BCUT2D eigenvalue weighted by Gasteiger charge is -2.00. The smallest absolute Gasteiger partial charge is 0.328 e. The molecule has 0 radical (unpaired) electrons. The number of aromatic amines is 1. The SMILES string of the molecule is CCCNc1nnc(Cn2cc(F)c(=O)[nH]c2=O)s1. The van der Waals surface area contributed by atoms with Gasteiger partial charge in [-0.3, -0.25) is 14.3 Å². The van der Waals surface area contributed by atoms with Gasteiger partial charge in [-0.2, -0.15) is 4.39 Å². The fourth-order valence-electron chi connectivity index (χ4n) is 1.37. The van der Waals surface area contributed by atoms with Crippen molar-refractivity contribution in [3.05, 3.63) is 37.9 Å². The fourth-order valence-corrected chi connectivity index (χ4v) is 2.13. The monoisotopic (exact) mass is 285 g/mol. The molecule has 102 valence electrons. The predicted octanol–water partition coefficient (Wildman–Crippen LogP) is 0.397. The van der Waals surface area contributed by atoms with E-state index in [0.29, 0.717) is 10.1 Å². The van der Waals surface area contributed by atoms with Crippen LogP contribution in [0.15, 0.2) is 15.8 Å². The third kappa shape index (κ3) is 3.25. The zero-order chi connectivity index (χ0) is 13.8. The number of H-pyrrole nitrogens is 1. The average Bonchev–Trinajstić information content (AvgIpc) is 2.81. The van der Waals surface area contributed by atoms with E-state index in [9.17, 15) is 14.0 Å². The summed E-state index contributed by atoms with van der Waals surface area (Å²) in [5.41, 5.74) is -1.70. The van der Waals surface area contributed by atoms with Crippen LogP contribution in [0.1, 0.15) is 18.4 Å². The standard InChI is InChI=1S/C10H12FN5O2S/c1-2-3-12-9-15-14-7(19-9)5-16-4-6(11)8(17)13-10(16)18/h4H,2-3,5H2,1H3,(H,12,15)(H,13,17,18). The molecule has 0 unspecified atom stereocenters. The van der Waals surface area contributed by atoms with E-state index in [1.165, 1.54) is 11.3 Å². The molecule has 19 heavy (non-hydrogen) atoms. The maximum atomic E-state index is 13.1. The zero-order valence-electron chi connectivity index (χ0n) is 10.1. The number of anilines is 1. The van der Waals surface area contributed by atoms with Gasteiger partial charge in [-0.05, 0) is 6.42 Å². The summed E-state index contributed by atoms with van der Waals surface area (Å²) in [6, 6.07) is 0. The molecule has 0 atom stereocenters. The molecule has 0 aliphatic rings. The first-order valence-corrected chi connectivity index (χ1v) is 6.47. The third-order valence-electron chi connectivity index (χ3n) is 2.27. The highest BCUT2D eigenvalue weighted by Crippen LogP contribution is 2.15. The van der Waals surface area contributed by atoms with Crippen molar-refractivity contribution in [1.82, 2.24) is 19.7 Å². The fraction of sp³-hybridized carbons (Fsp3) is 0.400. The van der Waals surface area contributed by atoms with Crippen molar-refractivity contribution in [2.75, 3.05) is 11.9 Å². The van der Waals surface area contributed by atoms with Crippen molar-refractivity contribution < 1.29 is 4.39 Å². The van der Waals surface area contributed by atoms with E-state index < -0.39 is 17.1 Å². The van der Waals surface area contributed by atoms with Crippen LogP contribution in [0.2, 0.25) is 0 Å². The van der Waals surface area contributed by atoms with Gasteiger partial charge in [0.05, 0.1) is 12.7 Å². The molecule has 0 fully saturated rings. The number of nitrogens with zero attached hydrogens (tertiary/aromatic N) is 3. The Morgan fingerprint density at radius 3 is 3.00 bits per heavy atom. The molecule has 0 aromatic carbocycles. The van der Waals surface area contributed by atoms with Crippen LogP contribution in [0, 0.1) is 5.82 Å². The summed E-state index contributed by atoms with van der Waals surface area (Å²) in [4.78, 5) is 24.2. The highest BCUT2D eigenvalue weighted by molar-refractivity contribution is 7.15. The number of hydrogen-bond donors (Lipinski definition) is 2. The van der Waals surface area contributed by atoms with Crippen molar-refractivity contribution in [3.63, 3.8) is 0 Å². The molecule has 0 spiro atoms. The van der Waals surface area contributed by atoms with Crippen LogP contribution in [0.5, 0.6) is 0 Å². The molecule has 0 aliphatic carbocycles. The molecule has 0 aliphatic heterocycles. The molecular formula is C10H12FN5O2S. The maximum absolute atomic E-state index is 13.1. The highest BCUT2D eigenvalue weighted by Gasteiger charge is 2.08. The Morgan fingerprint density at radius 1 is 1.47 bits per heavy atom. The second-order valence-corrected chi connectivity index (χ2v) is 4.85. The maximum Gasteiger partial charge on any atom is 0.328 e. The number of hydrogen-bond acceptors (Lipinski definition) is 6. The summed E-state index contributed by atoms with van der Waals surface area (Å²) in [6.07, 6.45) is 1.82. The first kappa shape index (κ1) is 13.4. The lowest BCUT2D eigenvalue weighted by atomic mass is 10.5. The Hall–Kier alpha value is -2.03. The number of rotatable bonds is 5. The molecule has 0 amide bonds. The second kappa shape index (κ2) is 5.74. The summed E-state index contributed by atoms with van der Waals surface area (Å²) < 4.78 is 14.1. The molecule has 2 N–H and O–H groups in total. The van der Waals surface area contributed by atoms with Crippen LogP contribution in [-0.4, -0.2) is 26.3 Å². The minimum absolute atomic E-state index is 0.0675. The normalized spacial score (nSPS) is 10.6. The van der Waals surface area contributed by atoms with Gasteiger partial charge >= 0.3 is 5.69 Å². The van der Waals surface area contributed by atoms with Gasteiger partial charge in [0.25, 0.3) is 5.56 Å². The molecular weight excluding hydrogens is 273 g/mol. The van der Waals surface area contributed by atoms with Crippen LogP contribution >= 0.6 is 11.3 Å². The largest absolute Gasteiger partial charge is 0.360 e. The topological polar surface area (TPSA) is 92.7 Å². The summed E-state index contributed by atoms with van der Waals surface area (Å²) in [5, 5.41) is 12.0. The molecule has 2 rings (SSSR count). The summed E-state index contributed by atoms with van der Waals surface area (Å²) in [5.74, 6) is -1.01. The van der Waals surface area contributed by atoms with Crippen molar-refractivity contribution in [2.24, 2.45) is 0 Å². The van der Waals surface area contributed by atoms with E-state index >= 15 is 0 Å². The van der Waals surface area contributed by atoms with Gasteiger partial charge in [0.2, 0.25) is 10.9 Å². The van der Waals surface area contributed by atoms with Gasteiger partial charge in [0.1, 0.15) is 5.01 Å². The van der Waals surface area contributed by atoms with Crippen molar-refractivity contribution in [3.8, 4) is 0 Å². The summed E-state index contributed by atoms with van der Waals surface area (Å²) in [7, 11) is 0. The van der Waals surface area contributed by atoms with Gasteiger partial charge in [-0.1, -0.05) is 18.3 Å². The summed E-state index contributed by atoms with van der Waals surface area (Å²) >= 11 is 1.28. The molecule has 0 saturated heterocycles. The van der Waals surface area contributed by atoms with Crippen LogP contribution in [-0.2, 0) is 6.54 Å². The minimum atomic E-state index is -1.02. The van der Waals surface area contributed by atoms with E-state index in [1.807, 2.05) is 11.9 Å². The summed E-state index contributed by atoms with van der Waals surface area (Å²) in [6.45, 7) is 2.87. The van der Waals surface area contributed by atoms with Crippen LogP contribution in [0.4, 0.5) is 9.52 Å². The molecule has 0 bridgehead atoms. The average molecular weight is 285 g/mol. The Morgan fingerprint density at radius 2 is 2.26 bits per heavy atom. The van der Waals surface area contributed by atoms with E-state index in [1.54, 1.807) is 0 Å². The Kier molecular flexibility index (Phi) is 4.05. The second-order valence-electron chi connectivity index (χ2n) is 3.79. The quantitative estimate of drug-likeness (QED) is 0.829. The van der Waals surface area contributed by atoms with E-state index in [4.69, 9.17) is 0 Å². The molecule has 0 saturated carbocycles. The van der Waals surface area contributed by atoms with Crippen LogP contribution < -0.4 is 16.6 Å². The lowest BCUT2D eigenvalue weighted by molar-refractivity contribution is 0.565. The highest BCUT2D eigenvalue weighted by atomic mass is 32.1. The number of aromatic nitrogens is 4. The molecule has 2 aromatic rings. The number of nitrogens with one attached hydrogen (secondary N) is 2. The van der Waals surface area contributed by atoms with E-state index in [-0.39, 0.29) is 6.54 Å². The predicted molar refractivity (Wildman–Crippen MR) is 69.1 cm³/mol. The van der Waals surface area contributed by atoms with Crippen molar-refractivity contribution >= 4 is 16.5 Å². The van der Waals surface area contributed by atoms with Gasteiger partial charge in [-0.25, -0.2) is 4.79 Å². The van der Waals surface area contributed by atoms with Gasteiger partial charge in [0, 0.05) is 6.54 Å². The van der Waals surface area contributed by atoms with Gasteiger partial charge < -0.3 is 5.32 Å². The Balaban J connectivity index is 2.17. The number of halogens is 1. The van der Waals surface area contributed by atoms with Crippen molar-refractivity contribution in [1.29, 1.82) is 0 Å². The van der Waals surface area contributed by atoms with Crippen LogP contribution in [0.3, 0.4) is 0 Å². The molecule has 7 nitrogen and oxygen atoms in total. The minimum Gasteiger partial charge on any atom is -0.360 e.